The third-order valence-electron chi connectivity index (χ3n) is 15.0. The van der Waals surface area contributed by atoms with Crippen LogP contribution in [0.1, 0.15) is 133 Å². The molecule has 1 aromatic carbocycles. The molecule has 9 atom stereocenters. The first-order chi connectivity index (χ1) is 21.9. The molecule has 47 heavy (non-hydrogen) atoms. The van der Waals surface area contributed by atoms with Gasteiger partial charge in [0.2, 0.25) is 0 Å². The summed E-state index contributed by atoms with van der Waals surface area (Å²) in [6.07, 6.45) is 10.5. The topological polar surface area (TPSA) is 107 Å². The predicted octanol–water partition coefficient (Wildman–Crippen LogP) is 8.45. The maximum absolute atomic E-state index is 14.7. The number of allylic oxidation sites excluding steroid dienone is 2. The van der Waals surface area contributed by atoms with Gasteiger partial charge in [-0.2, -0.15) is 0 Å². The van der Waals surface area contributed by atoms with Crippen LogP contribution < -0.4 is 0 Å². The standard InChI is InChI=1S/C40H54O7/c1-35(2)29-13-16-40(7)32(38(29,5)15-14-30(35)47-34(45)25-12-10-9-11-24(25)33(43)44)28(41)21-26-27-22-36(3,23-31(42)46-8)17-18-37(27,4)19-20-39(26,40)6/h9-12,21,27,29-30,32H,13-20,22-23H2,1-8H3,(H,43,44)/t27-,29+,30+,32-,36+,37-,38+,39-,40-/m1/s1. The SMILES string of the molecule is COC(=O)C[C@@]1(C)CC[C@]2(C)CC[C@]3(C)C(=CC(=O)[C@@H]4[C@@]5(C)CC[C@H](OC(=O)c6ccccc6C(=O)O)C(C)(C)[C@@H]5CC[C@]43C)[C@H]2C1. The Morgan fingerprint density at radius 2 is 1.53 bits per heavy atom. The number of hydrogen-bond acceptors (Lipinski definition) is 6. The number of fused-ring (bicyclic) bond motifs is 7. The number of carbonyl (C=O) groups excluding carboxylic acids is 3. The molecular formula is C40H54O7. The monoisotopic (exact) mass is 646 g/mol. The molecule has 0 radical (unpaired) electrons. The average molecular weight is 647 g/mol. The number of methoxy groups -OCH3 is 1. The second kappa shape index (κ2) is 11.0. The van der Waals surface area contributed by atoms with E-state index in [1.165, 1.54) is 24.8 Å². The normalized spacial score (nSPS) is 42.0. The molecule has 4 fully saturated rings. The van der Waals surface area contributed by atoms with E-state index in [1.807, 2.05) is 0 Å². The molecule has 0 amide bonds. The average Bonchev–Trinajstić information content (AvgIpc) is 3.00. The Balaban J connectivity index is 1.32. The molecule has 0 unspecified atom stereocenters. The van der Waals surface area contributed by atoms with E-state index in [-0.39, 0.29) is 73.8 Å². The number of carbonyl (C=O) groups is 4. The molecule has 0 bridgehead atoms. The highest BCUT2D eigenvalue weighted by Gasteiger charge is 2.70. The van der Waals surface area contributed by atoms with E-state index in [1.54, 1.807) is 12.1 Å². The summed E-state index contributed by atoms with van der Waals surface area (Å²) in [4.78, 5) is 52.4. The third-order valence-corrected chi connectivity index (χ3v) is 15.0. The van der Waals surface area contributed by atoms with Crippen molar-refractivity contribution in [2.75, 3.05) is 7.11 Å². The fraction of sp³-hybridized carbons (Fsp3) is 0.700. The van der Waals surface area contributed by atoms with Crippen molar-refractivity contribution in [2.45, 2.75) is 119 Å². The van der Waals surface area contributed by atoms with E-state index >= 15 is 0 Å². The molecule has 4 saturated carbocycles. The molecule has 6 rings (SSSR count). The van der Waals surface area contributed by atoms with Gasteiger partial charge in [0, 0.05) is 11.3 Å². The van der Waals surface area contributed by atoms with Crippen LogP contribution in [0, 0.1) is 50.2 Å². The molecule has 0 spiro atoms. The third kappa shape index (κ3) is 4.95. The number of aromatic carboxylic acids is 1. The highest BCUT2D eigenvalue weighted by Crippen LogP contribution is 2.75. The minimum Gasteiger partial charge on any atom is -0.478 e. The molecule has 5 aliphatic rings. The van der Waals surface area contributed by atoms with Gasteiger partial charge < -0.3 is 14.6 Å². The summed E-state index contributed by atoms with van der Waals surface area (Å²) in [5, 5.41) is 9.66. The van der Waals surface area contributed by atoms with E-state index in [0.717, 1.165) is 51.4 Å². The van der Waals surface area contributed by atoms with Gasteiger partial charge in [-0.15, -0.1) is 0 Å². The molecule has 0 heterocycles. The van der Waals surface area contributed by atoms with E-state index < -0.39 is 17.4 Å². The van der Waals surface area contributed by atoms with Crippen molar-refractivity contribution in [2.24, 2.45) is 50.2 Å². The summed E-state index contributed by atoms with van der Waals surface area (Å²) in [5.41, 5.74) is 0.304. The highest BCUT2D eigenvalue weighted by atomic mass is 16.5. The Kier molecular flexibility index (Phi) is 7.96. The van der Waals surface area contributed by atoms with E-state index in [2.05, 4.69) is 54.5 Å². The fourth-order valence-corrected chi connectivity index (χ4v) is 12.1. The van der Waals surface area contributed by atoms with E-state index in [4.69, 9.17) is 9.47 Å². The Morgan fingerprint density at radius 1 is 0.872 bits per heavy atom. The minimum atomic E-state index is -1.15. The first-order valence-corrected chi connectivity index (χ1v) is 17.7. The van der Waals surface area contributed by atoms with Crippen molar-refractivity contribution in [1.82, 2.24) is 0 Å². The number of carboxylic acid groups (broad SMARTS) is 1. The molecule has 7 nitrogen and oxygen atoms in total. The number of benzene rings is 1. The molecule has 0 aliphatic heterocycles. The van der Waals surface area contributed by atoms with Gasteiger partial charge in [-0.1, -0.05) is 66.2 Å². The van der Waals surface area contributed by atoms with Gasteiger partial charge in [0.1, 0.15) is 6.10 Å². The first kappa shape index (κ1) is 33.9. The summed E-state index contributed by atoms with van der Waals surface area (Å²) in [7, 11) is 1.47. The van der Waals surface area contributed by atoms with E-state index in [0.29, 0.717) is 12.8 Å². The van der Waals surface area contributed by atoms with Crippen LogP contribution in [0.5, 0.6) is 0 Å². The van der Waals surface area contributed by atoms with Gasteiger partial charge in [-0.05, 0) is 115 Å². The Bertz CT molecular complexity index is 1540. The number of ketones is 1. The molecular weight excluding hydrogens is 592 g/mol. The lowest BCUT2D eigenvalue weighted by Gasteiger charge is -2.70. The summed E-state index contributed by atoms with van der Waals surface area (Å²) in [6, 6.07) is 6.22. The van der Waals surface area contributed by atoms with Crippen molar-refractivity contribution < 1.29 is 33.8 Å². The number of carboxylic acids is 1. The smallest absolute Gasteiger partial charge is 0.339 e. The second-order valence-electron chi connectivity index (χ2n) is 17.9. The van der Waals surface area contributed by atoms with Crippen LogP contribution in [0.25, 0.3) is 0 Å². The molecule has 0 aromatic heterocycles. The van der Waals surface area contributed by atoms with Crippen molar-refractivity contribution in [3.05, 3.63) is 47.0 Å². The van der Waals surface area contributed by atoms with Crippen molar-refractivity contribution in [3.63, 3.8) is 0 Å². The van der Waals surface area contributed by atoms with Crippen LogP contribution in [-0.2, 0) is 19.1 Å². The van der Waals surface area contributed by atoms with Gasteiger partial charge in [0.15, 0.2) is 5.78 Å². The number of hydrogen-bond donors (Lipinski definition) is 1. The van der Waals surface area contributed by atoms with Crippen molar-refractivity contribution >= 4 is 23.7 Å². The van der Waals surface area contributed by atoms with Crippen molar-refractivity contribution in [3.8, 4) is 0 Å². The van der Waals surface area contributed by atoms with Crippen LogP contribution in [0.2, 0.25) is 0 Å². The summed E-state index contributed by atoms with van der Waals surface area (Å²) in [6.45, 7) is 16.1. The maximum atomic E-state index is 14.7. The Morgan fingerprint density at radius 3 is 2.19 bits per heavy atom. The summed E-state index contributed by atoms with van der Waals surface area (Å²) in [5.74, 6) is -1.38. The van der Waals surface area contributed by atoms with Crippen LogP contribution in [-0.4, -0.2) is 42.0 Å². The van der Waals surface area contributed by atoms with E-state index in [9.17, 15) is 24.3 Å². The second-order valence-corrected chi connectivity index (χ2v) is 17.9. The Hall–Kier alpha value is -2.96. The molecule has 256 valence electrons. The lowest BCUT2D eigenvalue weighted by molar-refractivity contribution is -0.202. The van der Waals surface area contributed by atoms with Crippen LogP contribution in [0.3, 0.4) is 0 Å². The van der Waals surface area contributed by atoms with Gasteiger partial charge in [0.05, 0.1) is 24.7 Å². The van der Waals surface area contributed by atoms with Crippen LogP contribution in [0.15, 0.2) is 35.9 Å². The van der Waals surface area contributed by atoms with Gasteiger partial charge in [-0.25, -0.2) is 9.59 Å². The largest absolute Gasteiger partial charge is 0.478 e. The molecule has 1 aromatic rings. The molecule has 5 aliphatic carbocycles. The lowest BCUT2D eigenvalue weighted by Crippen LogP contribution is -2.66. The van der Waals surface area contributed by atoms with Gasteiger partial charge in [-0.3, -0.25) is 9.59 Å². The minimum absolute atomic E-state index is 0.0554. The first-order valence-electron chi connectivity index (χ1n) is 17.7. The zero-order chi connectivity index (χ0) is 34.4. The Labute approximate surface area is 280 Å². The molecule has 0 saturated heterocycles. The zero-order valence-electron chi connectivity index (χ0n) is 29.7. The van der Waals surface area contributed by atoms with Crippen molar-refractivity contribution in [1.29, 1.82) is 0 Å². The predicted molar refractivity (Wildman–Crippen MR) is 179 cm³/mol. The number of ether oxygens (including phenoxy) is 2. The van der Waals surface area contributed by atoms with Gasteiger partial charge >= 0.3 is 17.9 Å². The molecule has 7 heteroatoms. The van der Waals surface area contributed by atoms with Crippen LogP contribution >= 0.6 is 0 Å². The zero-order valence-corrected chi connectivity index (χ0v) is 29.7. The maximum Gasteiger partial charge on any atom is 0.339 e. The highest BCUT2D eigenvalue weighted by molar-refractivity contribution is 6.02. The summed E-state index contributed by atoms with van der Waals surface area (Å²) < 4.78 is 11.3. The van der Waals surface area contributed by atoms with Gasteiger partial charge in [0.25, 0.3) is 0 Å². The summed E-state index contributed by atoms with van der Waals surface area (Å²) >= 11 is 0. The lowest BCUT2D eigenvalue weighted by atomic mass is 9.33. The molecule has 1 N–H and O–H groups in total. The number of rotatable bonds is 5. The van der Waals surface area contributed by atoms with Crippen LogP contribution in [0.4, 0.5) is 0 Å². The number of esters is 2. The quantitative estimate of drug-likeness (QED) is 0.320. The fourth-order valence-electron chi connectivity index (χ4n) is 12.1.